The highest BCUT2D eigenvalue weighted by molar-refractivity contribution is 7.91. The molecule has 1 fully saturated rings. The summed E-state index contributed by atoms with van der Waals surface area (Å²) in [6.45, 7) is 3.00. The Morgan fingerprint density at radius 3 is 2.88 bits per heavy atom. The second kappa shape index (κ2) is 7.98. The van der Waals surface area contributed by atoms with Gasteiger partial charge < -0.3 is 15.0 Å². The quantitative estimate of drug-likeness (QED) is 0.817. The summed E-state index contributed by atoms with van der Waals surface area (Å²) in [6.07, 6.45) is 0.925. The van der Waals surface area contributed by atoms with E-state index in [0.29, 0.717) is 19.5 Å². The van der Waals surface area contributed by atoms with Gasteiger partial charge in [-0.3, -0.25) is 4.79 Å². The fraction of sp³-hybridized carbons (Fsp3) is 0.588. The molecule has 24 heavy (non-hydrogen) atoms. The standard InChI is InChI=1S/C17H26N2O4S/c1-13-4-5-14(10-16(13)23-3)6-7-18-17(20)11-15-12-24(21,22)9-8-19(15)2/h4-5,10,15H,6-9,11-12H2,1-3H3,(H,18,20). The molecule has 1 aromatic carbocycles. The topological polar surface area (TPSA) is 75.7 Å². The van der Waals surface area contributed by atoms with Gasteiger partial charge in [0.1, 0.15) is 5.75 Å². The predicted octanol–water partition coefficient (Wildman–Crippen LogP) is 0.781. The Morgan fingerprint density at radius 2 is 2.17 bits per heavy atom. The van der Waals surface area contributed by atoms with Crippen LogP contribution >= 0.6 is 0 Å². The summed E-state index contributed by atoms with van der Waals surface area (Å²) in [5, 5.41) is 2.88. The van der Waals surface area contributed by atoms with Crippen LogP contribution in [0.2, 0.25) is 0 Å². The number of carbonyl (C=O) groups excluding carboxylic acids is 1. The van der Waals surface area contributed by atoms with Gasteiger partial charge in [0.25, 0.3) is 0 Å². The first-order chi connectivity index (χ1) is 11.3. The molecule has 1 unspecified atom stereocenters. The number of benzene rings is 1. The Morgan fingerprint density at radius 1 is 1.42 bits per heavy atom. The van der Waals surface area contributed by atoms with Crippen molar-refractivity contribution in [3.8, 4) is 5.75 Å². The molecule has 0 bridgehead atoms. The summed E-state index contributed by atoms with van der Waals surface area (Å²) >= 11 is 0. The second-order valence-corrected chi connectivity index (χ2v) is 8.59. The van der Waals surface area contributed by atoms with Crippen LogP contribution in [0.5, 0.6) is 5.75 Å². The van der Waals surface area contributed by atoms with Crippen LogP contribution in [0.4, 0.5) is 0 Å². The molecule has 6 nitrogen and oxygen atoms in total. The van der Waals surface area contributed by atoms with Gasteiger partial charge in [0.05, 0.1) is 18.6 Å². The molecule has 7 heteroatoms. The number of amides is 1. The fourth-order valence-electron chi connectivity index (χ4n) is 2.84. The van der Waals surface area contributed by atoms with Crippen LogP contribution in [0, 0.1) is 6.92 Å². The number of sulfone groups is 1. The highest BCUT2D eigenvalue weighted by atomic mass is 32.2. The maximum atomic E-state index is 12.1. The van der Waals surface area contributed by atoms with Gasteiger partial charge in [-0.05, 0) is 37.6 Å². The van der Waals surface area contributed by atoms with Gasteiger partial charge in [0.15, 0.2) is 9.84 Å². The minimum Gasteiger partial charge on any atom is -0.496 e. The number of rotatable bonds is 6. The number of nitrogens with zero attached hydrogens (tertiary/aromatic N) is 1. The molecule has 2 rings (SSSR count). The Bertz CT molecular complexity index is 688. The van der Waals surface area contributed by atoms with Crippen LogP contribution in [-0.4, -0.2) is 64.0 Å². The first-order valence-electron chi connectivity index (χ1n) is 8.11. The lowest BCUT2D eigenvalue weighted by Gasteiger charge is -2.31. The van der Waals surface area contributed by atoms with E-state index < -0.39 is 9.84 Å². The van der Waals surface area contributed by atoms with Crippen molar-refractivity contribution in [2.45, 2.75) is 25.8 Å². The van der Waals surface area contributed by atoms with Crippen LogP contribution in [0.1, 0.15) is 17.5 Å². The van der Waals surface area contributed by atoms with Crippen molar-refractivity contribution in [3.63, 3.8) is 0 Å². The molecule has 0 aliphatic carbocycles. The first-order valence-corrected chi connectivity index (χ1v) is 9.94. The number of carbonyl (C=O) groups is 1. The SMILES string of the molecule is COc1cc(CCNC(=O)CC2CS(=O)(=O)CCN2C)ccc1C. The summed E-state index contributed by atoms with van der Waals surface area (Å²) in [4.78, 5) is 14.0. The largest absolute Gasteiger partial charge is 0.496 e. The summed E-state index contributed by atoms with van der Waals surface area (Å²) in [7, 11) is 0.486. The predicted molar refractivity (Wildman–Crippen MR) is 94.1 cm³/mol. The molecule has 1 atom stereocenters. The van der Waals surface area contributed by atoms with Gasteiger partial charge in [-0.15, -0.1) is 0 Å². The summed E-state index contributed by atoms with van der Waals surface area (Å²) in [5.74, 6) is 0.971. The van der Waals surface area contributed by atoms with Crippen molar-refractivity contribution < 1.29 is 17.9 Å². The molecule has 0 aromatic heterocycles. The Balaban J connectivity index is 1.81. The zero-order valence-corrected chi connectivity index (χ0v) is 15.4. The Kier molecular flexibility index (Phi) is 6.23. The third-order valence-corrected chi connectivity index (χ3v) is 6.15. The number of hydrogen-bond donors (Lipinski definition) is 1. The van der Waals surface area contributed by atoms with Crippen LogP contribution in [-0.2, 0) is 21.1 Å². The maximum absolute atomic E-state index is 12.1. The van der Waals surface area contributed by atoms with Crippen LogP contribution in [0.15, 0.2) is 18.2 Å². The lowest BCUT2D eigenvalue weighted by atomic mass is 10.1. The van der Waals surface area contributed by atoms with Gasteiger partial charge in [-0.2, -0.15) is 0 Å². The second-order valence-electron chi connectivity index (χ2n) is 6.36. The number of ether oxygens (including phenoxy) is 1. The van der Waals surface area contributed by atoms with Crippen molar-refractivity contribution in [3.05, 3.63) is 29.3 Å². The molecule has 1 aliphatic rings. The van der Waals surface area contributed by atoms with Gasteiger partial charge in [0.2, 0.25) is 5.91 Å². The molecule has 1 heterocycles. The third kappa shape index (κ3) is 5.21. The minimum atomic E-state index is -3.02. The maximum Gasteiger partial charge on any atom is 0.221 e. The summed E-state index contributed by atoms with van der Waals surface area (Å²) in [5.41, 5.74) is 2.17. The highest BCUT2D eigenvalue weighted by Gasteiger charge is 2.30. The highest BCUT2D eigenvalue weighted by Crippen LogP contribution is 2.19. The first kappa shape index (κ1) is 18.7. The Labute approximate surface area is 144 Å². The van der Waals surface area contributed by atoms with Crippen molar-refractivity contribution in [1.82, 2.24) is 10.2 Å². The zero-order chi connectivity index (χ0) is 17.7. The van der Waals surface area contributed by atoms with Gasteiger partial charge in [-0.1, -0.05) is 12.1 Å². The van der Waals surface area contributed by atoms with Gasteiger partial charge in [-0.25, -0.2) is 8.42 Å². The lowest BCUT2D eigenvalue weighted by Crippen LogP contribution is -2.48. The van der Waals surface area contributed by atoms with E-state index in [0.717, 1.165) is 16.9 Å². The zero-order valence-electron chi connectivity index (χ0n) is 14.5. The Hall–Kier alpha value is -1.60. The van der Waals surface area contributed by atoms with E-state index in [1.807, 2.05) is 37.1 Å². The monoisotopic (exact) mass is 354 g/mol. The molecule has 1 N–H and O–H groups in total. The average Bonchev–Trinajstić information content (AvgIpc) is 2.52. The molecule has 1 aliphatic heterocycles. The van der Waals surface area contributed by atoms with Crippen molar-refractivity contribution in [1.29, 1.82) is 0 Å². The van der Waals surface area contributed by atoms with Crippen molar-refractivity contribution in [2.24, 2.45) is 0 Å². The van der Waals surface area contributed by atoms with E-state index in [1.165, 1.54) is 0 Å². The molecule has 1 saturated heterocycles. The molecule has 134 valence electrons. The number of methoxy groups -OCH3 is 1. The van der Waals surface area contributed by atoms with E-state index >= 15 is 0 Å². The number of nitrogens with one attached hydrogen (secondary N) is 1. The molecular weight excluding hydrogens is 328 g/mol. The van der Waals surface area contributed by atoms with E-state index in [-0.39, 0.29) is 29.9 Å². The normalized spacial score (nSPS) is 20.5. The molecule has 1 aromatic rings. The van der Waals surface area contributed by atoms with Gasteiger partial charge >= 0.3 is 0 Å². The third-order valence-electron chi connectivity index (χ3n) is 4.45. The number of hydrogen-bond acceptors (Lipinski definition) is 5. The van der Waals surface area contributed by atoms with Crippen LogP contribution in [0.25, 0.3) is 0 Å². The summed E-state index contributed by atoms with van der Waals surface area (Å²) < 4.78 is 28.7. The summed E-state index contributed by atoms with van der Waals surface area (Å²) in [6, 6.07) is 5.76. The van der Waals surface area contributed by atoms with Crippen molar-refractivity contribution >= 4 is 15.7 Å². The van der Waals surface area contributed by atoms with Crippen molar-refractivity contribution in [2.75, 3.05) is 38.8 Å². The molecule has 1 amide bonds. The van der Waals surface area contributed by atoms with Gasteiger partial charge in [0, 0.05) is 25.6 Å². The lowest BCUT2D eigenvalue weighted by molar-refractivity contribution is -0.122. The molecule has 0 spiro atoms. The molecular formula is C17H26N2O4S. The van der Waals surface area contributed by atoms with E-state index in [9.17, 15) is 13.2 Å². The van der Waals surface area contributed by atoms with Crippen LogP contribution in [0.3, 0.4) is 0 Å². The molecule has 0 radical (unpaired) electrons. The fourth-order valence-corrected chi connectivity index (χ4v) is 4.53. The average molecular weight is 354 g/mol. The van der Waals surface area contributed by atoms with E-state index in [2.05, 4.69) is 5.32 Å². The smallest absolute Gasteiger partial charge is 0.221 e. The van der Waals surface area contributed by atoms with E-state index in [1.54, 1.807) is 7.11 Å². The minimum absolute atomic E-state index is 0.0616. The molecule has 0 saturated carbocycles. The van der Waals surface area contributed by atoms with E-state index in [4.69, 9.17) is 4.74 Å². The van der Waals surface area contributed by atoms with Crippen LogP contribution < -0.4 is 10.1 Å². The number of aryl methyl sites for hydroxylation is 1.